The molecule has 0 saturated carbocycles. The van der Waals surface area contributed by atoms with E-state index in [0.29, 0.717) is 23.2 Å². The number of halogens is 2. The zero-order valence-electron chi connectivity index (χ0n) is 9.44. The van der Waals surface area contributed by atoms with Crippen molar-refractivity contribution in [1.29, 1.82) is 0 Å². The Balaban J connectivity index is 2.09. The maximum atomic E-state index is 9.06. The second-order valence-corrected chi connectivity index (χ2v) is 4.88. The van der Waals surface area contributed by atoms with Gasteiger partial charge in [-0.25, -0.2) is 4.98 Å². The summed E-state index contributed by atoms with van der Waals surface area (Å²) in [5.41, 5.74) is 1.45. The predicted molar refractivity (Wildman–Crippen MR) is 73.6 cm³/mol. The second kappa shape index (κ2) is 6.18. The highest BCUT2D eigenvalue weighted by molar-refractivity contribution is 9.10. The highest BCUT2D eigenvalue weighted by Crippen LogP contribution is 2.21. The fraction of sp³-hybridized carbons (Fsp3) is 0.154. The van der Waals surface area contributed by atoms with E-state index in [2.05, 4.69) is 20.9 Å². The van der Waals surface area contributed by atoms with Gasteiger partial charge in [-0.1, -0.05) is 45.7 Å². The van der Waals surface area contributed by atoms with Gasteiger partial charge in [0.15, 0.2) is 0 Å². The minimum Gasteiger partial charge on any atom is -0.473 e. The van der Waals surface area contributed by atoms with E-state index >= 15 is 0 Å². The third kappa shape index (κ3) is 3.22. The Morgan fingerprint density at radius 1 is 1.22 bits per heavy atom. The number of aromatic nitrogens is 1. The van der Waals surface area contributed by atoms with Crippen molar-refractivity contribution in [2.75, 3.05) is 0 Å². The summed E-state index contributed by atoms with van der Waals surface area (Å²) in [4.78, 5) is 4.12. The van der Waals surface area contributed by atoms with E-state index in [1.165, 1.54) is 0 Å². The molecular weight excluding hydrogens is 318 g/mol. The van der Waals surface area contributed by atoms with Crippen LogP contribution in [0.3, 0.4) is 0 Å². The molecule has 0 radical (unpaired) electrons. The number of pyridine rings is 1. The molecule has 94 valence electrons. The topological polar surface area (TPSA) is 42.4 Å². The smallest absolute Gasteiger partial charge is 0.213 e. The van der Waals surface area contributed by atoms with Crippen LogP contribution in [0, 0.1) is 0 Å². The number of nitrogens with zero attached hydrogens (tertiary/aromatic N) is 1. The van der Waals surface area contributed by atoms with Crippen molar-refractivity contribution < 1.29 is 9.84 Å². The van der Waals surface area contributed by atoms with E-state index < -0.39 is 0 Å². The van der Waals surface area contributed by atoms with Gasteiger partial charge in [-0.05, 0) is 12.1 Å². The van der Waals surface area contributed by atoms with Gasteiger partial charge in [-0.2, -0.15) is 0 Å². The molecule has 1 aromatic carbocycles. The number of aliphatic hydroxyl groups is 1. The standard InChI is InChI=1S/C13H11BrClNO2/c14-10-4-2-1-3-9(10)8-18-13-6-5-11(15)12(7-17)16-13/h1-6,17H,7-8H2. The molecule has 0 spiro atoms. The van der Waals surface area contributed by atoms with Crippen molar-refractivity contribution in [3.8, 4) is 5.88 Å². The summed E-state index contributed by atoms with van der Waals surface area (Å²) >= 11 is 9.30. The van der Waals surface area contributed by atoms with Crippen LogP contribution in [0.4, 0.5) is 0 Å². The summed E-state index contributed by atoms with van der Waals surface area (Å²) in [6.45, 7) is 0.200. The Kier molecular flexibility index (Phi) is 4.58. The fourth-order valence-electron chi connectivity index (χ4n) is 1.42. The average Bonchev–Trinajstić information content (AvgIpc) is 2.39. The quantitative estimate of drug-likeness (QED) is 0.933. The lowest BCUT2D eigenvalue weighted by atomic mass is 10.2. The molecule has 0 fully saturated rings. The van der Waals surface area contributed by atoms with E-state index in [-0.39, 0.29) is 6.61 Å². The SMILES string of the molecule is OCc1nc(OCc2ccccc2Br)ccc1Cl. The van der Waals surface area contributed by atoms with Crippen LogP contribution >= 0.6 is 27.5 Å². The molecule has 5 heteroatoms. The van der Waals surface area contributed by atoms with Gasteiger partial charge in [0.05, 0.1) is 17.3 Å². The summed E-state index contributed by atoms with van der Waals surface area (Å²) in [6, 6.07) is 11.1. The van der Waals surface area contributed by atoms with E-state index in [1.54, 1.807) is 12.1 Å². The Bertz CT molecular complexity index is 548. The summed E-state index contributed by atoms with van der Waals surface area (Å²) in [5, 5.41) is 9.50. The Hall–Kier alpha value is -1.10. The monoisotopic (exact) mass is 327 g/mol. The molecule has 2 rings (SSSR count). The molecule has 0 aliphatic carbocycles. The predicted octanol–water partition coefficient (Wildman–Crippen LogP) is 3.57. The van der Waals surface area contributed by atoms with Crippen LogP contribution in [-0.4, -0.2) is 10.1 Å². The minimum absolute atomic E-state index is 0.203. The lowest BCUT2D eigenvalue weighted by Crippen LogP contribution is -2.00. The average molecular weight is 329 g/mol. The van der Waals surface area contributed by atoms with Crippen LogP contribution in [0.15, 0.2) is 40.9 Å². The largest absolute Gasteiger partial charge is 0.473 e. The minimum atomic E-state index is -0.203. The lowest BCUT2D eigenvalue weighted by Gasteiger charge is -2.08. The number of aliphatic hydroxyl groups excluding tert-OH is 1. The first-order valence-corrected chi connectivity index (χ1v) is 6.50. The Morgan fingerprint density at radius 2 is 2.00 bits per heavy atom. The molecule has 0 amide bonds. The normalized spacial score (nSPS) is 10.4. The number of benzene rings is 1. The van der Waals surface area contributed by atoms with Gasteiger partial charge < -0.3 is 9.84 Å². The lowest BCUT2D eigenvalue weighted by molar-refractivity contribution is 0.266. The van der Waals surface area contributed by atoms with Gasteiger partial charge in [0.1, 0.15) is 6.61 Å². The first-order valence-electron chi connectivity index (χ1n) is 5.33. The number of hydrogen-bond donors (Lipinski definition) is 1. The van der Waals surface area contributed by atoms with E-state index in [9.17, 15) is 0 Å². The maximum Gasteiger partial charge on any atom is 0.213 e. The number of rotatable bonds is 4. The molecule has 0 bridgehead atoms. The van der Waals surface area contributed by atoms with Gasteiger partial charge in [-0.15, -0.1) is 0 Å². The number of ether oxygens (including phenoxy) is 1. The molecular formula is C13H11BrClNO2. The van der Waals surface area contributed by atoms with Crippen LogP contribution in [-0.2, 0) is 13.2 Å². The van der Waals surface area contributed by atoms with Crippen LogP contribution < -0.4 is 4.74 Å². The zero-order chi connectivity index (χ0) is 13.0. The molecule has 0 aliphatic rings. The van der Waals surface area contributed by atoms with Crippen molar-refractivity contribution in [2.24, 2.45) is 0 Å². The van der Waals surface area contributed by atoms with E-state index in [4.69, 9.17) is 21.4 Å². The highest BCUT2D eigenvalue weighted by Gasteiger charge is 2.05. The summed E-state index contributed by atoms with van der Waals surface area (Å²) < 4.78 is 6.55. The molecule has 1 N–H and O–H groups in total. The van der Waals surface area contributed by atoms with Crippen LogP contribution in [0.1, 0.15) is 11.3 Å². The van der Waals surface area contributed by atoms with Crippen molar-refractivity contribution >= 4 is 27.5 Å². The molecule has 1 heterocycles. The van der Waals surface area contributed by atoms with Crippen LogP contribution in [0.5, 0.6) is 5.88 Å². The van der Waals surface area contributed by atoms with Crippen LogP contribution in [0.2, 0.25) is 5.02 Å². The molecule has 0 atom stereocenters. The highest BCUT2D eigenvalue weighted by atomic mass is 79.9. The van der Waals surface area contributed by atoms with Gasteiger partial charge in [0.2, 0.25) is 5.88 Å². The molecule has 1 aromatic heterocycles. The first kappa shape index (κ1) is 13.3. The Labute approximate surface area is 119 Å². The molecule has 0 unspecified atom stereocenters. The van der Waals surface area contributed by atoms with Gasteiger partial charge >= 0.3 is 0 Å². The van der Waals surface area contributed by atoms with Gasteiger partial charge in [0.25, 0.3) is 0 Å². The third-order valence-electron chi connectivity index (χ3n) is 2.38. The molecule has 2 aromatic rings. The fourth-order valence-corrected chi connectivity index (χ4v) is 1.99. The molecule has 0 aliphatic heterocycles. The van der Waals surface area contributed by atoms with Gasteiger partial charge in [-0.3, -0.25) is 0 Å². The first-order chi connectivity index (χ1) is 8.70. The van der Waals surface area contributed by atoms with Crippen LogP contribution in [0.25, 0.3) is 0 Å². The number of hydrogen-bond acceptors (Lipinski definition) is 3. The third-order valence-corrected chi connectivity index (χ3v) is 3.49. The van der Waals surface area contributed by atoms with Crippen molar-refractivity contribution in [3.05, 3.63) is 57.2 Å². The maximum absolute atomic E-state index is 9.06. The molecule has 3 nitrogen and oxygen atoms in total. The van der Waals surface area contributed by atoms with E-state index in [1.807, 2.05) is 24.3 Å². The molecule has 0 saturated heterocycles. The summed E-state index contributed by atoms with van der Waals surface area (Å²) in [5.74, 6) is 0.444. The van der Waals surface area contributed by atoms with Crippen molar-refractivity contribution in [2.45, 2.75) is 13.2 Å². The van der Waals surface area contributed by atoms with Gasteiger partial charge in [0, 0.05) is 16.1 Å². The summed E-state index contributed by atoms with van der Waals surface area (Å²) in [7, 11) is 0. The van der Waals surface area contributed by atoms with E-state index in [0.717, 1.165) is 10.0 Å². The Morgan fingerprint density at radius 3 is 2.72 bits per heavy atom. The molecule has 18 heavy (non-hydrogen) atoms. The second-order valence-electron chi connectivity index (χ2n) is 3.62. The zero-order valence-corrected chi connectivity index (χ0v) is 11.8. The van der Waals surface area contributed by atoms with Crippen molar-refractivity contribution in [3.63, 3.8) is 0 Å². The van der Waals surface area contributed by atoms with Crippen molar-refractivity contribution in [1.82, 2.24) is 4.98 Å². The summed E-state index contributed by atoms with van der Waals surface area (Å²) in [6.07, 6.45) is 0.